The SMILES string of the molecule is Cc1cc(C)c(NC(C2CC2)C2CC2)c(C)c1. The highest BCUT2D eigenvalue weighted by molar-refractivity contribution is 5.59. The lowest BCUT2D eigenvalue weighted by Crippen LogP contribution is -2.25. The second-order valence-corrected chi connectivity index (χ2v) is 6.12. The van der Waals surface area contributed by atoms with Gasteiger partial charge in [-0.3, -0.25) is 0 Å². The van der Waals surface area contributed by atoms with E-state index in [0.717, 1.165) is 17.9 Å². The third kappa shape index (κ3) is 2.34. The number of anilines is 1. The molecule has 1 heteroatoms. The van der Waals surface area contributed by atoms with Gasteiger partial charge in [0, 0.05) is 11.7 Å². The summed E-state index contributed by atoms with van der Waals surface area (Å²) < 4.78 is 0. The van der Waals surface area contributed by atoms with Gasteiger partial charge in [0.05, 0.1) is 0 Å². The van der Waals surface area contributed by atoms with Crippen LogP contribution in [-0.2, 0) is 0 Å². The van der Waals surface area contributed by atoms with E-state index in [1.165, 1.54) is 48.1 Å². The number of hydrogen-bond donors (Lipinski definition) is 1. The van der Waals surface area contributed by atoms with Crippen LogP contribution in [0.2, 0.25) is 0 Å². The number of nitrogens with one attached hydrogen (secondary N) is 1. The molecule has 0 radical (unpaired) electrons. The van der Waals surface area contributed by atoms with Crippen LogP contribution < -0.4 is 5.32 Å². The van der Waals surface area contributed by atoms with E-state index in [4.69, 9.17) is 0 Å². The monoisotopic (exact) mass is 229 g/mol. The Bertz CT molecular complexity index is 392. The van der Waals surface area contributed by atoms with Crippen molar-refractivity contribution in [2.75, 3.05) is 5.32 Å². The number of rotatable bonds is 4. The smallest absolute Gasteiger partial charge is 0.0402 e. The maximum atomic E-state index is 3.87. The Hall–Kier alpha value is -0.980. The van der Waals surface area contributed by atoms with Crippen molar-refractivity contribution in [3.05, 3.63) is 28.8 Å². The summed E-state index contributed by atoms with van der Waals surface area (Å²) in [6, 6.07) is 5.35. The molecule has 2 aliphatic rings. The van der Waals surface area contributed by atoms with E-state index in [9.17, 15) is 0 Å². The lowest BCUT2D eigenvalue weighted by Gasteiger charge is -2.22. The fourth-order valence-corrected chi connectivity index (χ4v) is 3.11. The van der Waals surface area contributed by atoms with Crippen LogP contribution in [0.4, 0.5) is 5.69 Å². The van der Waals surface area contributed by atoms with E-state index in [1.54, 1.807) is 0 Å². The third-order valence-corrected chi connectivity index (χ3v) is 4.25. The topological polar surface area (TPSA) is 12.0 Å². The fraction of sp³-hybridized carbons (Fsp3) is 0.625. The minimum absolute atomic E-state index is 0.759. The van der Waals surface area contributed by atoms with E-state index < -0.39 is 0 Å². The van der Waals surface area contributed by atoms with Gasteiger partial charge in [0.1, 0.15) is 0 Å². The number of hydrogen-bond acceptors (Lipinski definition) is 1. The molecule has 1 nitrogen and oxygen atoms in total. The fourth-order valence-electron chi connectivity index (χ4n) is 3.11. The van der Waals surface area contributed by atoms with Gasteiger partial charge in [0.15, 0.2) is 0 Å². The molecule has 0 spiro atoms. The van der Waals surface area contributed by atoms with Crippen molar-refractivity contribution in [1.82, 2.24) is 0 Å². The maximum absolute atomic E-state index is 3.87. The molecule has 0 aliphatic heterocycles. The summed E-state index contributed by atoms with van der Waals surface area (Å²) in [5, 5.41) is 3.87. The van der Waals surface area contributed by atoms with Crippen LogP contribution in [0.25, 0.3) is 0 Å². The largest absolute Gasteiger partial charge is 0.381 e. The number of benzene rings is 1. The molecule has 0 aromatic heterocycles. The van der Waals surface area contributed by atoms with Crippen molar-refractivity contribution in [2.45, 2.75) is 52.5 Å². The minimum atomic E-state index is 0.759. The van der Waals surface area contributed by atoms with Crippen molar-refractivity contribution < 1.29 is 0 Å². The standard InChI is InChI=1S/C16H23N/c1-10-8-11(2)15(12(3)9-10)17-16(13-4-5-13)14-6-7-14/h8-9,13-14,16-17H,4-7H2,1-3H3. The molecule has 1 aromatic carbocycles. The Kier molecular flexibility index (Phi) is 2.65. The molecule has 0 amide bonds. The third-order valence-electron chi connectivity index (χ3n) is 4.25. The Labute approximate surface area is 105 Å². The molecule has 0 bridgehead atoms. The summed E-state index contributed by atoms with van der Waals surface area (Å²) in [5.41, 5.74) is 5.60. The van der Waals surface area contributed by atoms with E-state index in [1.807, 2.05) is 0 Å². The second kappa shape index (κ2) is 4.04. The van der Waals surface area contributed by atoms with Gasteiger partial charge >= 0.3 is 0 Å². The van der Waals surface area contributed by atoms with E-state index in [0.29, 0.717) is 0 Å². The molecular formula is C16H23N. The second-order valence-electron chi connectivity index (χ2n) is 6.12. The first-order valence-electron chi connectivity index (χ1n) is 6.99. The summed E-state index contributed by atoms with van der Waals surface area (Å²) in [6.07, 6.45) is 5.77. The summed E-state index contributed by atoms with van der Waals surface area (Å²) in [6.45, 7) is 6.65. The molecule has 2 saturated carbocycles. The molecule has 2 aliphatic carbocycles. The molecule has 1 N–H and O–H groups in total. The first-order valence-corrected chi connectivity index (χ1v) is 6.99. The van der Waals surface area contributed by atoms with Crippen molar-refractivity contribution in [3.8, 4) is 0 Å². The quantitative estimate of drug-likeness (QED) is 0.815. The van der Waals surface area contributed by atoms with Crippen LogP contribution in [0, 0.1) is 32.6 Å². The maximum Gasteiger partial charge on any atom is 0.0402 e. The first kappa shape index (κ1) is 11.1. The van der Waals surface area contributed by atoms with Gasteiger partial charge in [-0.1, -0.05) is 17.7 Å². The highest BCUT2D eigenvalue weighted by Crippen LogP contribution is 2.46. The molecule has 0 atom stereocenters. The number of aryl methyl sites for hydroxylation is 3. The Morgan fingerprint density at radius 1 is 0.941 bits per heavy atom. The lowest BCUT2D eigenvalue weighted by molar-refractivity contribution is 0.567. The van der Waals surface area contributed by atoms with Gasteiger partial charge in [0.2, 0.25) is 0 Å². The van der Waals surface area contributed by atoms with Crippen molar-refractivity contribution >= 4 is 5.69 Å². The van der Waals surface area contributed by atoms with Crippen LogP contribution >= 0.6 is 0 Å². The Morgan fingerprint density at radius 3 is 1.82 bits per heavy atom. The summed E-state index contributed by atoms with van der Waals surface area (Å²) in [4.78, 5) is 0. The minimum Gasteiger partial charge on any atom is -0.381 e. The van der Waals surface area contributed by atoms with E-state index in [2.05, 4.69) is 38.2 Å². The highest BCUT2D eigenvalue weighted by Gasteiger charge is 2.41. The summed E-state index contributed by atoms with van der Waals surface area (Å²) in [7, 11) is 0. The zero-order valence-electron chi connectivity index (χ0n) is 11.2. The molecule has 92 valence electrons. The molecule has 17 heavy (non-hydrogen) atoms. The van der Waals surface area contributed by atoms with Gasteiger partial charge in [-0.05, 0) is 69.4 Å². The molecule has 3 rings (SSSR count). The average Bonchev–Trinajstić information content (AvgIpc) is 3.12. The van der Waals surface area contributed by atoms with Crippen LogP contribution in [0.5, 0.6) is 0 Å². The van der Waals surface area contributed by atoms with Crippen LogP contribution in [0.1, 0.15) is 42.4 Å². The van der Waals surface area contributed by atoms with Crippen molar-refractivity contribution in [3.63, 3.8) is 0 Å². The predicted molar refractivity (Wildman–Crippen MR) is 73.5 cm³/mol. The molecule has 0 heterocycles. The van der Waals surface area contributed by atoms with Gasteiger partial charge < -0.3 is 5.32 Å². The van der Waals surface area contributed by atoms with E-state index in [-0.39, 0.29) is 0 Å². The average molecular weight is 229 g/mol. The summed E-state index contributed by atoms with van der Waals surface area (Å²) in [5.74, 6) is 1.92. The Balaban J connectivity index is 1.83. The van der Waals surface area contributed by atoms with Crippen LogP contribution in [-0.4, -0.2) is 6.04 Å². The van der Waals surface area contributed by atoms with Gasteiger partial charge in [0.25, 0.3) is 0 Å². The predicted octanol–water partition coefficient (Wildman–Crippen LogP) is 4.21. The lowest BCUT2D eigenvalue weighted by atomic mass is 10.0. The van der Waals surface area contributed by atoms with Crippen molar-refractivity contribution in [1.29, 1.82) is 0 Å². The first-order chi connectivity index (χ1) is 8.15. The molecule has 1 aromatic rings. The van der Waals surface area contributed by atoms with E-state index >= 15 is 0 Å². The molecular weight excluding hydrogens is 206 g/mol. The zero-order chi connectivity index (χ0) is 12.0. The Morgan fingerprint density at radius 2 is 1.41 bits per heavy atom. The van der Waals surface area contributed by atoms with Gasteiger partial charge in [-0.15, -0.1) is 0 Å². The molecule has 0 unspecified atom stereocenters. The zero-order valence-corrected chi connectivity index (χ0v) is 11.2. The molecule has 2 fully saturated rings. The molecule has 0 saturated heterocycles. The summed E-state index contributed by atoms with van der Waals surface area (Å²) >= 11 is 0. The normalized spacial score (nSPS) is 19.8. The van der Waals surface area contributed by atoms with Crippen LogP contribution in [0.15, 0.2) is 12.1 Å². The van der Waals surface area contributed by atoms with Crippen molar-refractivity contribution in [2.24, 2.45) is 11.8 Å². The highest BCUT2D eigenvalue weighted by atomic mass is 15.0. The van der Waals surface area contributed by atoms with Gasteiger partial charge in [-0.2, -0.15) is 0 Å². The van der Waals surface area contributed by atoms with Crippen LogP contribution in [0.3, 0.4) is 0 Å². The van der Waals surface area contributed by atoms with Gasteiger partial charge in [-0.25, -0.2) is 0 Å².